The number of carbonyl (C=O) groups is 4. The Balaban J connectivity index is 1.64. The SMILES string of the molecule is COC(=O)C[C@H]1[C@H](C)C(=O)C(C[C@]2(O)CC[C@@]3(C)C(=CC(=O)O[C@@H]3c3ccoc3)C2=O)=CC1(C)C. The summed E-state index contributed by atoms with van der Waals surface area (Å²) < 4.78 is 15.5. The van der Waals surface area contributed by atoms with Gasteiger partial charge in [-0.05, 0) is 35.8 Å². The molecule has 0 unspecified atom stereocenters. The minimum absolute atomic E-state index is 0.103. The van der Waals surface area contributed by atoms with Gasteiger partial charge in [-0.1, -0.05) is 33.8 Å². The molecule has 0 aromatic carbocycles. The molecule has 0 saturated heterocycles. The summed E-state index contributed by atoms with van der Waals surface area (Å²) in [5, 5.41) is 11.5. The number of aliphatic hydroxyl groups is 1. The smallest absolute Gasteiger partial charge is 0.331 e. The number of hydrogen-bond acceptors (Lipinski definition) is 8. The zero-order valence-corrected chi connectivity index (χ0v) is 20.8. The highest BCUT2D eigenvalue weighted by molar-refractivity contribution is 6.09. The number of carbonyl (C=O) groups excluding carboxylic acids is 4. The number of allylic oxidation sites excluding steroid dienone is 1. The molecule has 2 aliphatic carbocycles. The number of ether oxygens (including phenoxy) is 2. The van der Waals surface area contributed by atoms with E-state index in [1.165, 1.54) is 25.7 Å². The van der Waals surface area contributed by atoms with Crippen molar-refractivity contribution in [3.63, 3.8) is 0 Å². The van der Waals surface area contributed by atoms with Gasteiger partial charge in [0.1, 0.15) is 11.7 Å². The summed E-state index contributed by atoms with van der Waals surface area (Å²) in [7, 11) is 1.32. The topological polar surface area (TPSA) is 120 Å². The van der Waals surface area contributed by atoms with Gasteiger partial charge in [0, 0.05) is 41.4 Å². The van der Waals surface area contributed by atoms with Crippen molar-refractivity contribution in [1.29, 1.82) is 0 Å². The molecular formula is C27H32O8. The molecule has 0 spiro atoms. The number of fused-ring (bicyclic) bond motifs is 1. The standard InChI is InChI=1S/C27H32O8/c1-15-18(10-20(28)33-5)25(2,3)12-17(22(15)30)13-27(32)8-7-26(4)19(23(27)31)11-21(29)35-24(26)16-6-9-34-14-16/h6,9,11-12,14-15,18,24,32H,7-8,10,13H2,1-5H3/t15-,18-,24+,26-,27+/m0/s1. The Morgan fingerprint density at radius 3 is 2.54 bits per heavy atom. The van der Waals surface area contributed by atoms with Crippen LogP contribution in [0, 0.1) is 22.7 Å². The number of furan rings is 1. The van der Waals surface area contributed by atoms with Crippen LogP contribution >= 0.6 is 0 Å². The Hall–Kier alpha value is -3.00. The van der Waals surface area contributed by atoms with Crippen LogP contribution in [-0.4, -0.2) is 41.3 Å². The molecule has 2 heterocycles. The summed E-state index contributed by atoms with van der Waals surface area (Å²) in [4.78, 5) is 51.3. The molecule has 188 valence electrons. The maximum Gasteiger partial charge on any atom is 0.331 e. The van der Waals surface area contributed by atoms with E-state index >= 15 is 0 Å². The molecule has 1 aromatic heterocycles. The Kier molecular flexibility index (Phi) is 6.16. The molecule has 0 amide bonds. The lowest BCUT2D eigenvalue weighted by molar-refractivity contribution is -0.160. The number of Topliss-reactive ketones (excluding diaryl/α,β-unsaturated/α-hetero) is 2. The molecule has 1 saturated carbocycles. The number of hydrogen-bond donors (Lipinski definition) is 1. The third kappa shape index (κ3) is 4.18. The summed E-state index contributed by atoms with van der Waals surface area (Å²) in [5.41, 5.74) is -1.97. The van der Waals surface area contributed by atoms with E-state index in [2.05, 4.69) is 0 Å². The average molecular weight is 485 g/mol. The fraction of sp³-hybridized carbons (Fsp3) is 0.556. The number of rotatable bonds is 5. The fourth-order valence-corrected chi connectivity index (χ4v) is 6.06. The second kappa shape index (κ2) is 8.59. The van der Waals surface area contributed by atoms with Gasteiger partial charge in [0.15, 0.2) is 11.6 Å². The predicted molar refractivity (Wildman–Crippen MR) is 124 cm³/mol. The normalized spacial score (nSPS) is 34.5. The van der Waals surface area contributed by atoms with Gasteiger partial charge in [-0.15, -0.1) is 0 Å². The molecule has 8 heteroatoms. The van der Waals surface area contributed by atoms with Gasteiger partial charge in [0.25, 0.3) is 0 Å². The first-order valence-electron chi connectivity index (χ1n) is 11.9. The van der Waals surface area contributed by atoms with Crippen LogP contribution in [0.25, 0.3) is 0 Å². The van der Waals surface area contributed by atoms with Crippen molar-refractivity contribution in [1.82, 2.24) is 0 Å². The van der Waals surface area contributed by atoms with Crippen molar-refractivity contribution >= 4 is 23.5 Å². The molecule has 8 nitrogen and oxygen atoms in total. The molecule has 1 aromatic rings. The Morgan fingerprint density at radius 2 is 1.91 bits per heavy atom. The van der Waals surface area contributed by atoms with Crippen molar-refractivity contribution in [2.45, 2.75) is 65.1 Å². The minimum Gasteiger partial charge on any atom is -0.472 e. The average Bonchev–Trinajstić information content (AvgIpc) is 3.33. The number of ketones is 2. The van der Waals surface area contributed by atoms with Crippen molar-refractivity contribution in [2.75, 3.05) is 7.11 Å². The lowest BCUT2D eigenvalue weighted by Gasteiger charge is -2.48. The molecule has 0 radical (unpaired) electrons. The van der Waals surface area contributed by atoms with E-state index in [4.69, 9.17) is 13.9 Å². The maximum absolute atomic E-state index is 13.7. The van der Waals surface area contributed by atoms with Crippen LogP contribution in [0.5, 0.6) is 0 Å². The molecule has 1 N–H and O–H groups in total. The summed E-state index contributed by atoms with van der Waals surface area (Å²) in [6.45, 7) is 7.47. The van der Waals surface area contributed by atoms with Gasteiger partial charge in [0.2, 0.25) is 0 Å². The van der Waals surface area contributed by atoms with Gasteiger partial charge in [-0.2, -0.15) is 0 Å². The van der Waals surface area contributed by atoms with Crippen LogP contribution in [0.4, 0.5) is 0 Å². The van der Waals surface area contributed by atoms with Crippen molar-refractivity contribution < 1.29 is 38.2 Å². The second-order valence-corrected chi connectivity index (χ2v) is 10.9. The quantitative estimate of drug-likeness (QED) is 0.629. The van der Waals surface area contributed by atoms with E-state index in [9.17, 15) is 24.3 Å². The van der Waals surface area contributed by atoms with E-state index in [1.807, 2.05) is 20.8 Å². The zero-order chi connectivity index (χ0) is 25.8. The van der Waals surface area contributed by atoms with Crippen LogP contribution in [0.3, 0.4) is 0 Å². The molecule has 1 aliphatic heterocycles. The molecule has 5 atom stereocenters. The lowest BCUT2D eigenvalue weighted by Crippen LogP contribution is -2.53. The van der Waals surface area contributed by atoms with E-state index in [-0.39, 0.29) is 42.5 Å². The van der Waals surface area contributed by atoms with E-state index in [0.29, 0.717) is 17.6 Å². The van der Waals surface area contributed by atoms with Gasteiger partial charge < -0.3 is 19.0 Å². The highest BCUT2D eigenvalue weighted by atomic mass is 16.5. The van der Waals surface area contributed by atoms with Gasteiger partial charge in [0.05, 0.1) is 19.6 Å². The second-order valence-electron chi connectivity index (χ2n) is 10.9. The molecule has 1 fully saturated rings. The first-order valence-corrected chi connectivity index (χ1v) is 11.9. The summed E-state index contributed by atoms with van der Waals surface area (Å²) in [6.07, 6.45) is 5.62. The van der Waals surface area contributed by atoms with Crippen molar-refractivity contribution in [2.24, 2.45) is 22.7 Å². The van der Waals surface area contributed by atoms with Crippen LogP contribution < -0.4 is 0 Å². The van der Waals surface area contributed by atoms with Crippen molar-refractivity contribution in [3.8, 4) is 0 Å². The molecule has 4 rings (SSSR count). The van der Waals surface area contributed by atoms with Crippen molar-refractivity contribution in [3.05, 3.63) is 47.5 Å². The van der Waals surface area contributed by atoms with E-state index in [1.54, 1.807) is 19.1 Å². The monoisotopic (exact) mass is 484 g/mol. The first kappa shape index (κ1) is 25.1. The minimum atomic E-state index is -1.82. The predicted octanol–water partition coefficient (Wildman–Crippen LogP) is 3.65. The largest absolute Gasteiger partial charge is 0.472 e. The maximum atomic E-state index is 13.7. The molecular weight excluding hydrogens is 452 g/mol. The highest BCUT2D eigenvalue weighted by Crippen LogP contribution is 2.55. The first-order chi connectivity index (χ1) is 16.3. The van der Waals surface area contributed by atoms with Crippen LogP contribution in [0.2, 0.25) is 0 Å². The number of methoxy groups -OCH3 is 1. The highest BCUT2D eigenvalue weighted by Gasteiger charge is 2.57. The Bertz CT molecular complexity index is 1120. The third-order valence-electron chi connectivity index (χ3n) is 8.19. The summed E-state index contributed by atoms with van der Waals surface area (Å²) >= 11 is 0. The molecule has 35 heavy (non-hydrogen) atoms. The lowest BCUT2D eigenvalue weighted by atomic mass is 9.58. The van der Waals surface area contributed by atoms with Gasteiger partial charge >= 0.3 is 11.9 Å². The molecule has 0 bridgehead atoms. The third-order valence-corrected chi connectivity index (χ3v) is 8.19. The van der Waals surface area contributed by atoms with E-state index in [0.717, 1.165) is 0 Å². The summed E-state index contributed by atoms with van der Waals surface area (Å²) in [6, 6.07) is 1.69. The van der Waals surface area contributed by atoms with E-state index < -0.39 is 40.2 Å². The Labute approximate surface area is 204 Å². The number of cyclic esters (lactones) is 1. The van der Waals surface area contributed by atoms with Gasteiger partial charge in [-0.3, -0.25) is 14.4 Å². The van der Waals surface area contributed by atoms with Crippen LogP contribution in [0.15, 0.2) is 46.3 Å². The van der Waals surface area contributed by atoms with Crippen LogP contribution in [-0.2, 0) is 28.7 Å². The Morgan fingerprint density at radius 1 is 1.20 bits per heavy atom. The number of esters is 2. The van der Waals surface area contributed by atoms with Crippen LogP contribution in [0.1, 0.15) is 65.0 Å². The van der Waals surface area contributed by atoms with Gasteiger partial charge in [-0.25, -0.2) is 4.79 Å². The zero-order valence-electron chi connectivity index (χ0n) is 20.8. The summed E-state index contributed by atoms with van der Waals surface area (Å²) in [5.74, 6) is -2.55. The fourth-order valence-electron chi connectivity index (χ4n) is 6.06. The molecule has 3 aliphatic rings.